The predicted octanol–water partition coefficient (Wildman–Crippen LogP) is 4.54. The fraction of sp³-hybridized carbons (Fsp3) is 0.842. The van der Waals surface area contributed by atoms with E-state index in [9.17, 15) is 14.4 Å². The second kappa shape index (κ2) is 12.0. The average Bonchev–Trinajstić information content (AvgIpc) is 2.55. The van der Waals surface area contributed by atoms with Crippen LogP contribution in [0.15, 0.2) is 0 Å². The van der Waals surface area contributed by atoms with Crippen molar-refractivity contribution in [1.29, 1.82) is 0 Å². The minimum absolute atomic E-state index is 0.184. The fourth-order valence-electron chi connectivity index (χ4n) is 3.18. The van der Waals surface area contributed by atoms with Crippen LogP contribution in [0.2, 0.25) is 0 Å². The highest BCUT2D eigenvalue weighted by atomic mass is 16.7. The molecule has 0 aromatic carbocycles. The standard InChI is InChI=1S/C19H33NO4/c1-3-4-5-6-7-8-9-10-11-12-13-17-14-15-18(22)20(19(17)23)24-16(2)21/h17H,3-15H2,1-2H3. The number of amides is 2. The minimum atomic E-state index is -0.628. The molecule has 1 unspecified atom stereocenters. The number of unbranched alkanes of at least 4 members (excludes halogenated alkanes) is 9. The van der Waals surface area contributed by atoms with Crippen LogP contribution in [0, 0.1) is 5.92 Å². The maximum atomic E-state index is 12.2. The van der Waals surface area contributed by atoms with E-state index in [1.54, 1.807) is 0 Å². The summed E-state index contributed by atoms with van der Waals surface area (Å²) in [5, 5.41) is 0.673. The Hall–Kier alpha value is -1.39. The van der Waals surface area contributed by atoms with E-state index in [1.165, 1.54) is 58.3 Å². The average molecular weight is 339 g/mol. The molecule has 138 valence electrons. The van der Waals surface area contributed by atoms with E-state index in [-0.39, 0.29) is 18.2 Å². The number of carbonyl (C=O) groups is 3. The number of hydrogen-bond donors (Lipinski definition) is 0. The summed E-state index contributed by atoms with van der Waals surface area (Å²) in [5.41, 5.74) is 0. The third-order valence-corrected chi connectivity index (χ3v) is 4.61. The lowest BCUT2D eigenvalue weighted by atomic mass is 9.92. The van der Waals surface area contributed by atoms with Crippen molar-refractivity contribution in [1.82, 2.24) is 5.06 Å². The first-order valence-corrected chi connectivity index (χ1v) is 9.61. The summed E-state index contributed by atoms with van der Waals surface area (Å²) in [5.74, 6) is -1.57. The summed E-state index contributed by atoms with van der Waals surface area (Å²) in [6.07, 6.45) is 14.2. The van der Waals surface area contributed by atoms with Gasteiger partial charge >= 0.3 is 5.97 Å². The van der Waals surface area contributed by atoms with Crippen LogP contribution in [0.25, 0.3) is 0 Å². The largest absolute Gasteiger partial charge is 0.331 e. The van der Waals surface area contributed by atoms with Crippen molar-refractivity contribution in [3.63, 3.8) is 0 Å². The van der Waals surface area contributed by atoms with E-state index < -0.39 is 11.9 Å². The Kier molecular flexibility index (Phi) is 10.4. The van der Waals surface area contributed by atoms with Gasteiger partial charge in [0, 0.05) is 19.3 Å². The maximum Gasteiger partial charge on any atom is 0.330 e. The van der Waals surface area contributed by atoms with Crippen LogP contribution >= 0.6 is 0 Å². The molecule has 0 bridgehead atoms. The second-order valence-electron chi connectivity index (χ2n) is 6.82. The molecule has 1 fully saturated rings. The van der Waals surface area contributed by atoms with Crippen molar-refractivity contribution in [3.8, 4) is 0 Å². The third-order valence-electron chi connectivity index (χ3n) is 4.61. The van der Waals surface area contributed by atoms with Crippen molar-refractivity contribution in [2.24, 2.45) is 5.92 Å². The molecule has 0 N–H and O–H groups in total. The number of carbonyl (C=O) groups excluding carboxylic acids is 3. The van der Waals surface area contributed by atoms with Crippen LogP contribution < -0.4 is 0 Å². The molecule has 2 amide bonds. The molecule has 5 heteroatoms. The van der Waals surface area contributed by atoms with Gasteiger partial charge in [-0.3, -0.25) is 9.59 Å². The zero-order valence-corrected chi connectivity index (χ0v) is 15.3. The molecule has 0 aromatic rings. The van der Waals surface area contributed by atoms with E-state index in [0.717, 1.165) is 19.3 Å². The number of rotatable bonds is 12. The molecule has 0 radical (unpaired) electrons. The first kappa shape index (κ1) is 20.7. The Morgan fingerprint density at radius 3 is 2.08 bits per heavy atom. The number of hydroxylamine groups is 2. The summed E-state index contributed by atoms with van der Waals surface area (Å²) in [6.45, 7) is 3.44. The van der Waals surface area contributed by atoms with Crippen LogP contribution in [0.3, 0.4) is 0 Å². The highest BCUT2D eigenvalue weighted by molar-refractivity contribution is 5.98. The van der Waals surface area contributed by atoms with Crippen LogP contribution in [-0.2, 0) is 19.2 Å². The van der Waals surface area contributed by atoms with Crippen LogP contribution in [0.4, 0.5) is 0 Å². The van der Waals surface area contributed by atoms with Crippen molar-refractivity contribution in [2.75, 3.05) is 0 Å². The van der Waals surface area contributed by atoms with Gasteiger partial charge in [-0.25, -0.2) is 4.79 Å². The van der Waals surface area contributed by atoms with E-state index >= 15 is 0 Å². The first-order chi connectivity index (χ1) is 11.6. The number of imide groups is 1. The Labute approximate surface area is 146 Å². The van der Waals surface area contributed by atoms with Gasteiger partial charge in [0.1, 0.15) is 0 Å². The first-order valence-electron chi connectivity index (χ1n) is 9.61. The smallest absolute Gasteiger partial charge is 0.330 e. The summed E-state index contributed by atoms with van der Waals surface area (Å²) in [4.78, 5) is 39.6. The van der Waals surface area contributed by atoms with E-state index in [2.05, 4.69) is 6.92 Å². The van der Waals surface area contributed by atoms with Gasteiger partial charge in [-0.15, -0.1) is 5.06 Å². The maximum absolute atomic E-state index is 12.2. The molecule has 1 saturated heterocycles. The fourth-order valence-corrected chi connectivity index (χ4v) is 3.18. The Morgan fingerprint density at radius 2 is 1.54 bits per heavy atom. The zero-order chi connectivity index (χ0) is 17.8. The van der Waals surface area contributed by atoms with E-state index in [0.29, 0.717) is 11.5 Å². The van der Waals surface area contributed by atoms with Gasteiger partial charge in [-0.2, -0.15) is 0 Å². The second-order valence-corrected chi connectivity index (χ2v) is 6.82. The minimum Gasteiger partial charge on any atom is -0.331 e. The molecule has 0 saturated carbocycles. The van der Waals surface area contributed by atoms with Gasteiger partial charge in [0.05, 0.1) is 0 Å². The quantitative estimate of drug-likeness (QED) is 0.387. The Morgan fingerprint density at radius 1 is 1.00 bits per heavy atom. The summed E-state index contributed by atoms with van der Waals surface area (Å²) in [7, 11) is 0. The van der Waals surface area contributed by atoms with Crippen LogP contribution in [0.5, 0.6) is 0 Å². The van der Waals surface area contributed by atoms with Crippen molar-refractivity contribution in [3.05, 3.63) is 0 Å². The van der Waals surface area contributed by atoms with E-state index in [4.69, 9.17) is 4.84 Å². The normalized spacial score (nSPS) is 18.1. The summed E-state index contributed by atoms with van der Waals surface area (Å²) < 4.78 is 0. The van der Waals surface area contributed by atoms with Gasteiger partial charge in [0.2, 0.25) is 0 Å². The van der Waals surface area contributed by atoms with Gasteiger partial charge in [0.25, 0.3) is 11.8 Å². The lowest BCUT2D eigenvalue weighted by Crippen LogP contribution is -2.45. The molecule has 24 heavy (non-hydrogen) atoms. The molecular weight excluding hydrogens is 306 g/mol. The topological polar surface area (TPSA) is 63.7 Å². The van der Waals surface area contributed by atoms with Gasteiger partial charge < -0.3 is 4.84 Å². The van der Waals surface area contributed by atoms with Crippen molar-refractivity contribution in [2.45, 2.75) is 97.3 Å². The molecule has 0 spiro atoms. The van der Waals surface area contributed by atoms with Crippen LogP contribution in [0.1, 0.15) is 97.3 Å². The summed E-state index contributed by atoms with van der Waals surface area (Å²) >= 11 is 0. The van der Waals surface area contributed by atoms with Gasteiger partial charge in [-0.1, -0.05) is 71.1 Å². The predicted molar refractivity (Wildman–Crippen MR) is 92.8 cm³/mol. The third kappa shape index (κ3) is 7.93. The van der Waals surface area contributed by atoms with Gasteiger partial charge in [0.15, 0.2) is 0 Å². The molecule has 5 nitrogen and oxygen atoms in total. The number of hydrogen-bond acceptors (Lipinski definition) is 4. The molecule has 1 heterocycles. The van der Waals surface area contributed by atoms with Crippen molar-refractivity contribution < 1.29 is 19.2 Å². The lowest BCUT2D eigenvalue weighted by Gasteiger charge is -2.28. The van der Waals surface area contributed by atoms with Gasteiger partial charge in [-0.05, 0) is 12.8 Å². The SMILES string of the molecule is CCCCCCCCCCCCC1CCC(=O)N(OC(C)=O)C1=O. The highest BCUT2D eigenvalue weighted by Crippen LogP contribution is 2.25. The highest BCUT2D eigenvalue weighted by Gasteiger charge is 2.36. The Bertz CT molecular complexity index is 408. The molecular formula is C19H33NO4. The lowest BCUT2D eigenvalue weighted by molar-refractivity contribution is -0.207. The van der Waals surface area contributed by atoms with Crippen molar-refractivity contribution >= 4 is 17.8 Å². The summed E-state index contributed by atoms with van der Waals surface area (Å²) in [6, 6.07) is 0. The zero-order valence-electron chi connectivity index (χ0n) is 15.3. The van der Waals surface area contributed by atoms with Crippen LogP contribution in [-0.4, -0.2) is 22.8 Å². The number of piperidine rings is 1. The molecule has 1 atom stereocenters. The monoisotopic (exact) mass is 339 g/mol. The molecule has 1 aliphatic rings. The molecule has 1 rings (SSSR count). The number of nitrogens with zero attached hydrogens (tertiary/aromatic N) is 1. The molecule has 0 aliphatic carbocycles. The molecule has 0 aromatic heterocycles. The van der Waals surface area contributed by atoms with E-state index in [1.807, 2.05) is 0 Å². The Balaban J connectivity index is 2.11. The molecule has 1 aliphatic heterocycles.